The Bertz CT molecular complexity index is 389. The minimum Gasteiger partial charge on any atom is -0.458 e. The molecule has 0 spiro atoms. The Morgan fingerprint density at radius 1 is 1.33 bits per heavy atom. The monoisotopic (exact) mass is 430 g/mol. The number of carbonyl (C=O) groups excluding carboxylic acids is 2. The van der Waals surface area contributed by atoms with Gasteiger partial charge in [-0.1, -0.05) is 45.2 Å². The second-order valence-electron chi connectivity index (χ2n) is 4.99. The number of alkyl halides is 2. The van der Waals surface area contributed by atoms with E-state index in [1.165, 1.54) is 13.8 Å². The highest BCUT2D eigenvalue weighted by Gasteiger charge is 2.56. The van der Waals surface area contributed by atoms with Crippen LogP contribution in [0.5, 0.6) is 0 Å². The van der Waals surface area contributed by atoms with Crippen LogP contribution in [0.2, 0.25) is 0 Å². The van der Waals surface area contributed by atoms with Gasteiger partial charge in [0, 0.05) is 20.3 Å². The molecule has 1 aliphatic rings. The summed E-state index contributed by atoms with van der Waals surface area (Å²) in [5.41, 5.74) is 0. The van der Waals surface area contributed by atoms with Gasteiger partial charge in [-0.2, -0.15) is 0 Å². The van der Waals surface area contributed by atoms with Crippen LogP contribution in [0.3, 0.4) is 0 Å². The molecule has 1 rings (SSSR count). The third-order valence-corrected chi connectivity index (χ3v) is 4.44. The summed E-state index contributed by atoms with van der Waals surface area (Å²) in [6.07, 6.45) is -0.273. The summed E-state index contributed by atoms with van der Waals surface area (Å²) in [5.74, 6) is -2.92. The van der Waals surface area contributed by atoms with E-state index in [9.17, 15) is 14.7 Å². The Morgan fingerprint density at radius 3 is 2.33 bits per heavy atom. The summed E-state index contributed by atoms with van der Waals surface area (Å²) in [6.45, 7) is 4.48. The lowest BCUT2D eigenvalue weighted by atomic mass is 9.93. The molecule has 0 amide bonds. The minimum absolute atomic E-state index is 0.297. The van der Waals surface area contributed by atoms with Crippen LogP contribution in [-0.2, 0) is 23.8 Å². The van der Waals surface area contributed by atoms with Gasteiger partial charge in [-0.25, -0.2) is 0 Å². The Labute approximate surface area is 140 Å². The number of hydrogen-bond acceptors (Lipinski definition) is 6. The van der Waals surface area contributed by atoms with E-state index in [2.05, 4.69) is 31.9 Å². The minimum atomic E-state index is -1.83. The molecule has 0 aliphatic carbocycles. The first kappa shape index (κ1) is 18.9. The maximum atomic E-state index is 11.3. The second kappa shape index (κ2) is 7.89. The fraction of sp³-hybridized carbons (Fsp3) is 0.846. The first-order valence-corrected chi connectivity index (χ1v) is 8.56. The van der Waals surface area contributed by atoms with Crippen LogP contribution in [0.1, 0.15) is 40.0 Å². The van der Waals surface area contributed by atoms with Crippen LogP contribution in [-0.4, -0.2) is 44.9 Å². The molecule has 1 heterocycles. The van der Waals surface area contributed by atoms with E-state index in [4.69, 9.17) is 14.2 Å². The van der Waals surface area contributed by atoms with Gasteiger partial charge in [0.15, 0.2) is 6.10 Å². The van der Waals surface area contributed by atoms with Crippen molar-refractivity contribution in [2.45, 2.75) is 67.9 Å². The summed E-state index contributed by atoms with van der Waals surface area (Å²) in [5, 5.41) is 10.8. The van der Waals surface area contributed by atoms with Gasteiger partial charge in [-0.3, -0.25) is 9.59 Å². The zero-order valence-electron chi connectivity index (χ0n) is 12.2. The molecule has 0 saturated carbocycles. The van der Waals surface area contributed by atoms with Crippen molar-refractivity contribution >= 4 is 43.8 Å². The fourth-order valence-corrected chi connectivity index (χ4v) is 3.10. The summed E-state index contributed by atoms with van der Waals surface area (Å²) in [7, 11) is 0. The van der Waals surface area contributed by atoms with E-state index in [1.54, 1.807) is 0 Å². The molecule has 0 aromatic carbocycles. The molecule has 6 nitrogen and oxygen atoms in total. The zero-order valence-corrected chi connectivity index (χ0v) is 15.3. The Balaban J connectivity index is 3.08. The lowest BCUT2D eigenvalue weighted by Crippen LogP contribution is -2.63. The third kappa shape index (κ3) is 4.91. The maximum Gasteiger partial charge on any atom is 0.303 e. The molecule has 0 bridgehead atoms. The van der Waals surface area contributed by atoms with Crippen molar-refractivity contribution in [2.24, 2.45) is 0 Å². The molecule has 122 valence electrons. The number of hydrogen-bond donors (Lipinski definition) is 1. The van der Waals surface area contributed by atoms with Gasteiger partial charge >= 0.3 is 11.9 Å². The first-order valence-electron chi connectivity index (χ1n) is 6.73. The third-order valence-electron chi connectivity index (χ3n) is 3.13. The van der Waals surface area contributed by atoms with E-state index >= 15 is 0 Å². The predicted molar refractivity (Wildman–Crippen MR) is 82.1 cm³/mol. The van der Waals surface area contributed by atoms with Crippen molar-refractivity contribution < 1.29 is 28.9 Å². The number of halogens is 2. The average Bonchev–Trinajstić information content (AvgIpc) is 2.33. The van der Waals surface area contributed by atoms with Gasteiger partial charge in [0.05, 0.1) is 6.10 Å². The Hall–Kier alpha value is -0.180. The highest BCUT2D eigenvalue weighted by molar-refractivity contribution is 9.24. The van der Waals surface area contributed by atoms with Gasteiger partial charge in [0.2, 0.25) is 5.79 Å². The Morgan fingerprint density at radius 2 is 1.90 bits per heavy atom. The largest absolute Gasteiger partial charge is 0.458 e. The van der Waals surface area contributed by atoms with Crippen molar-refractivity contribution in [3.8, 4) is 0 Å². The van der Waals surface area contributed by atoms with Crippen molar-refractivity contribution in [2.75, 3.05) is 0 Å². The van der Waals surface area contributed by atoms with E-state index in [0.717, 1.165) is 6.42 Å². The lowest BCUT2D eigenvalue weighted by molar-refractivity contribution is -0.316. The van der Waals surface area contributed by atoms with E-state index in [-0.39, 0.29) is 6.10 Å². The summed E-state index contributed by atoms with van der Waals surface area (Å²) in [4.78, 5) is 22.6. The Kier molecular flexibility index (Phi) is 7.09. The van der Waals surface area contributed by atoms with Crippen molar-refractivity contribution in [3.63, 3.8) is 0 Å². The molecular formula is C13H20Br2O6. The molecule has 21 heavy (non-hydrogen) atoms. The van der Waals surface area contributed by atoms with E-state index in [1.807, 2.05) is 6.92 Å². The molecule has 1 N–H and O–H groups in total. The topological polar surface area (TPSA) is 82.1 Å². The summed E-state index contributed by atoms with van der Waals surface area (Å²) in [6, 6.07) is 0. The van der Waals surface area contributed by atoms with Crippen LogP contribution < -0.4 is 0 Å². The van der Waals surface area contributed by atoms with Crippen molar-refractivity contribution in [3.05, 3.63) is 0 Å². The normalized spacial score (nSPS) is 32.8. The van der Waals surface area contributed by atoms with Gasteiger partial charge in [0.25, 0.3) is 0 Å². The quantitative estimate of drug-likeness (QED) is 0.531. The molecule has 0 aromatic heterocycles. The van der Waals surface area contributed by atoms with Crippen LogP contribution in [0.15, 0.2) is 0 Å². The summed E-state index contributed by atoms with van der Waals surface area (Å²) < 4.78 is 15.4. The van der Waals surface area contributed by atoms with Crippen molar-refractivity contribution in [1.82, 2.24) is 0 Å². The van der Waals surface area contributed by atoms with Gasteiger partial charge in [-0.05, 0) is 6.42 Å². The predicted octanol–water partition coefficient (Wildman–Crippen LogP) is 2.24. The molecule has 1 fully saturated rings. The lowest BCUT2D eigenvalue weighted by Gasteiger charge is -2.46. The van der Waals surface area contributed by atoms with Crippen molar-refractivity contribution in [1.29, 1.82) is 0 Å². The van der Waals surface area contributed by atoms with Gasteiger partial charge in [0.1, 0.15) is 9.84 Å². The highest BCUT2D eigenvalue weighted by Crippen LogP contribution is 2.40. The molecule has 1 saturated heterocycles. The molecule has 0 aromatic rings. The zero-order chi connectivity index (χ0) is 16.2. The van der Waals surface area contributed by atoms with E-state index in [0.29, 0.717) is 12.8 Å². The van der Waals surface area contributed by atoms with Crippen LogP contribution in [0.25, 0.3) is 0 Å². The standard InChI is InChI=1S/C13H20Br2O6/c1-4-5-9-6-10(19-7(2)16)11(20-8(3)17)13(18,21-9)12(14)15/h9-12,18H,4-6H2,1-3H3/t9-,10+,11-,13-/m1/s1. The first-order chi connectivity index (χ1) is 9.70. The smallest absolute Gasteiger partial charge is 0.303 e. The molecule has 0 radical (unpaired) electrons. The van der Waals surface area contributed by atoms with E-state index < -0.39 is 33.7 Å². The highest BCUT2D eigenvalue weighted by atomic mass is 79.9. The molecule has 0 unspecified atom stereocenters. The van der Waals surface area contributed by atoms with Crippen LogP contribution >= 0.6 is 31.9 Å². The van der Waals surface area contributed by atoms with Crippen LogP contribution in [0.4, 0.5) is 0 Å². The number of esters is 2. The average molecular weight is 432 g/mol. The van der Waals surface area contributed by atoms with Gasteiger partial charge < -0.3 is 19.3 Å². The number of aliphatic hydroxyl groups is 1. The fourth-order valence-electron chi connectivity index (χ4n) is 2.37. The second-order valence-corrected chi connectivity index (χ2v) is 8.05. The van der Waals surface area contributed by atoms with Crippen LogP contribution in [0, 0.1) is 0 Å². The number of carbonyl (C=O) groups is 2. The molecule has 1 aliphatic heterocycles. The van der Waals surface area contributed by atoms with Gasteiger partial charge in [-0.15, -0.1) is 0 Å². The number of ether oxygens (including phenoxy) is 3. The molecule has 4 atom stereocenters. The SMILES string of the molecule is CCC[C@@H]1C[C@H](OC(C)=O)[C@@H](OC(C)=O)[C@](O)(C(Br)Br)O1. The summed E-state index contributed by atoms with van der Waals surface area (Å²) >= 11 is 6.41. The molecular weight excluding hydrogens is 412 g/mol. The molecule has 8 heteroatoms. The maximum absolute atomic E-state index is 11.3. The number of rotatable bonds is 5.